The number of aromatic amines is 1. The first-order chi connectivity index (χ1) is 14.0. The molecule has 1 aliphatic heterocycles. The summed E-state index contributed by atoms with van der Waals surface area (Å²) in [5.41, 5.74) is 1.20. The Labute approximate surface area is 165 Å². The minimum Gasteiger partial charge on any atom is -0.367 e. The number of para-hydroxylation sites is 1. The summed E-state index contributed by atoms with van der Waals surface area (Å²) in [6.07, 6.45) is 1.46. The van der Waals surface area contributed by atoms with E-state index in [0.29, 0.717) is 22.1 Å². The van der Waals surface area contributed by atoms with E-state index in [1.54, 1.807) is 18.2 Å². The lowest BCUT2D eigenvalue weighted by Crippen LogP contribution is -2.44. The third-order valence-corrected chi connectivity index (χ3v) is 5.53. The highest BCUT2D eigenvalue weighted by Gasteiger charge is 2.20. The second-order valence-electron chi connectivity index (χ2n) is 7.36. The smallest absolute Gasteiger partial charge is 0.280 e. The van der Waals surface area contributed by atoms with E-state index in [9.17, 15) is 13.6 Å². The van der Waals surface area contributed by atoms with Crippen LogP contribution in [-0.4, -0.2) is 52.9 Å². The summed E-state index contributed by atoms with van der Waals surface area (Å²) in [5, 5.41) is 3.71. The van der Waals surface area contributed by atoms with Gasteiger partial charge in [-0.2, -0.15) is 0 Å². The fraction of sp³-hybridized carbons (Fsp3) is 0.238. The van der Waals surface area contributed by atoms with Crippen LogP contribution in [0.4, 0.5) is 14.5 Å². The summed E-state index contributed by atoms with van der Waals surface area (Å²) in [6, 6.07) is 9.11. The van der Waals surface area contributed by atoms with E-state index in [4.69, 9.17) is 0 Å². The number of rotatable bonds is 2. The quantitative estimate of drug-likeness (QED) is 0.567. The van der Waals surface area contributed by atoms with Crippen molar-refractivity contribution in [3.63, 3.8) is 0 Å². The van der Waals surface area contributed by atoms with Gasteiger partial charge >= 0.3 is 0 Å². The van der Waals surface area contributed by atoms with Gasteiger partial charge in [-0.3, -0.25) is 14.9 Å². The molecular weight excluding hydrogens is 376 g/mol. The molecule has 2 aromatic carbocycles. The summed E-state index contributed by atoms with van der Waals surface area (Å²) < 4.78 is 30.3. The number of H-pyrrole nitrogens is 1. The van der Waals surface area contributed by atoms with Gasteiger partial charge in [0, 0.05) is 37.8 Å². The number of nitrogens with one attached hydrogen (secondary N) is 1. The Morgan fingerprint density at radius 1 is 0.966 bits per heavy atom. The van der Waals surface area contributed by atoms with Crippen molar-refractivity contribution < 1.29 is 8.78 Å². The lowest BCUT2D eigenvalue weighted by atomic mass is 10.1. The molecule has 8 heteroatoms. The number of aromatic nitrogens is 3. The molecule has 0 atom stereocenters. The monoisotopic (exact) mass is 395 g/mol. The SMILES string of the molecule is CN1CCN(c2cc3ncc4c(=O)n(-c5ccccc5F)[nH]c4c3cc2F)CC1. The van der Waals surface area contributed by atoms with Crippen LogP contribution in [-0.2, 0) is 0 Å². The Balaban J connectivity index is 1.67. The fourth-order valence-corrected chi connectivity index (χ4v) is 3.86. The van der Waals surface area contributed by atoms with Crippen LogP contribution < -0.4 is 10.5 Å². The van der Waals surface area contributed by atoms with Crippen LogP contribution in [0.1, 0.15) is 0 Å². The third kappa shape index (κ3) is 2.87. The van der Waals surface area contributed by atoms with Crippen molar-refractivity contribution >= 4 is 27.5 Å². The number of benzene rings is 2. The highest BCUT2D eigenvalue weighted by molar-refractivity contribution is 6.03. The number of fused-ring (bicyclic) bond motifs is 3. The molecule has 2 aromatic heterocycles. The standard InChI is InChI=1S/C21H19F2N5O/c1-26-6-8-27(9-7-26)19-11-17-13(10-16(19)23)20-14(12-24-17)21(29)28(25-20)18-5-3-2-4-15(18)22/h2-5,10-12,25H,6-9H2,1H3. The molecule has 29 heavy (non-hydrogen) atoms. The topological polar surface area (TPSA) is 57.2 Å². The first-order valence-corrected chi connectivity index (χ1v) is 9.44. The molecule has 0 amide bonds. The summed E-state index contributed by atoms with van der Waals surface area (Å²) in [7, 11) is 2.04. The predicted octanol–water partition coefficient (Wildman–Crippen LogP) is 2.90. The molecule has 0 saturated carbocycles. The minimum atomic E-state index is -0.526. The number of halogens is 2. The summed E-state index contributed by atoms with van der Waals surface area (Å²) in [5.74, 6) is -0.891. The second kappa shape index (κ2) is 6.66. The third-order valence-electron chi connectivity index (χ3n) is 5.53. The maximum Gasteiger partial charge on any atom is 0.280 e. The van der Waals surface area contributed by atoms with Gasteiger partial charge in [-0.15, -0.1) is 0 Å². The molecule has 1 saturated heterocycles. The Bertz CT molecular complexity index is 1290. The molecular formula is C21H19F2N5O. The molecule has 3 heterocycles. The van der Waals surface area contributed by atoms with Gasteiger partial charge in [-0.05, 0) is 31.3 Å². The van der Waals surface area contributed by atoms with E-state index in [-0.39, 0.29) is 16.9 Å². The minimum absolute atomic E-state index is 0.108. The van der Waals surface area contributed by atoms with Gasteiger partial charge in [-0.25, -0.2) is 13.5 Å². The van der Waals surface area contributed by atoms with Gasteiger partial charge in [0.2, 0.25) is 0 Å². The van der Waals surface area contributed by atoms with Gasteiger partial charge in [0.1, 0.15) is 17.3 Å². The summed E-state index contributed by atoms with van der Waals surface area (Å²) in [6.45, 7) is 3.20. The Kier molecular flexibility index (Phi) is 4.09. The van der Waals surface area contributed by atoms with Gasteiger partial charge in [0.15, 0.2) is 0 Å². The zero-order chi connectivity index (χ0) is 20.1. The van der Waals surface area contributed by atoms with Crippen LogP contribution in [0.3, 0.4) is 0 Å². The van der Waals surface area contributed by atoms with Gasteiger partial charge in [-0.1, -0.05) is 12.1 Å². The van der Waals surface area contributed by atoms with E-state index in [1.807, 2.05) is 11.9 Å². The van der Waals surface area contributed by atoms with Crippen molar-refractivity contribution in [2.24, 2.45) is 0 Å². The predicted molar refractivity (Wildman–Crippen MR) is 109 cm³/mol. The average molecular weight is 395 g/mol. The summed E-state index contributed by atoms with van der Waals surface area (Å²) in [4.78, 5) is 21.4. The number of nitrogens with zero attached hydrogens (tertiary/aromatic N) is 4. The van der Waals surface area contributed by atoms with Crippen LogP contribution >= 0.6 is 0 Å². The molecule has 148 valence electrons. The molecule has 4 aromatic rings. The molecule has 0 aliphatic carbocycles. The molecule has 6 nitrogen and oxygen atoms in total. The molecule has 0 radical (unpaired) electrons. The lowest BCUT2D eigenvalue weighted by Gasteiger charge is -2.34. The second-order valence-corrected chi connectivity index (χ2v) is 7.36. The number of hydrogen-bond donors (Lipinski definition) is 1. The van der Waals surface area contributed by atoms with Gasteiger partial charge in [0.05, 0.1) is 22.1 Å². The maximum absolute atomic E-state index is 15.0. The average Bonchev–Trinajstić information content (AvgIpc) is 3.05. The maximum atomic E-state index is 15.0. The van der Waals surface area contributed by atoms with E-state index in [1.165, 1.54) is 24.4 Å². The van der Waals surface area contributed by atoms with Crippen LogP contribution in [0.15, 0.2) is 47.4 Å². The van der Waals surface area contributed by atoms with Crippen LogP contribution in [0.5, 0.6) is 0 Å². The Morgan fingerprint density at radius 2 is 1.72 bits per heavy atom. The molecule has 5 rings (SSSR count). The van der Waals surface area contributed by atoms with Crippen molar-refractivity contribution in [1.82, 2.24) is 19.7 Å². The largest absolute Gasteiger partial charge is 0.367 e. The zero-order valence-electron chi connectivity index (χ0n) is 15.8. The molecule has 0 bridgehead atoms. The van der Waals surface area contributed by atoms with E-state index in [0.717, 1.165) is 30.9 Å². The summed E-state index contributed by atoms with van der Waals surface area (Å²) >= 11 is 0. The van der Waals surface area contributed by atoms with E-state index < -0.39 is 11.4 Å². The first kappa shape index (κ1) is 17.8. The van der Waals surface area contributed by atoms with Crippen molar-refractivity contribution in [2.75, 3.05) is 38.1 Å². The van der Waals surface area contributed by atoms with Crippen molar-refractivity contribution in [3.8, 4) is 5.69 Å². The number of anilines is 1. The molecule has 1 aliphatic rings. The van der Waals surface area contributed by atoms with Gasteiger partial charge in [0.25, 0.3) is 5.56 Å². The Morgan fingerprint density at radius 3 is 2.48 bits per heavy atom. The van der Waals surface area contributed by atoms with E-state index >= 15 is 0 Å². The van der Waals surface area contributed by atoms with Crippen LogP contribution in [0.2, 0.25) is 0 Å². The molecule has 1 fully saturated rings. The van der Waals surface area contributed by atoms with Crippen molar-refractivity contribution in [2.45, 2.75) is 0 Å². The van der Waals surface area contributed by atoms with Crippen LogP contribution in [0, 0.1) is 11.6 Å². The highest BCUT2D eigenvalue weighted by Crippen LogP contribution is 2.29. The highest BCUT2D eigenvalue weighted by atomic mass is 19.1. The zero-order valence-corrected chi connectivity index (χ0v) is 15.8. The fourth-order valence-electron chi connectivity index (χ4n) is 3.86. The normalized spacial score (nSPS) is 15.5. The lowest BCUT2D eigenvalue weighted by molar-refractivity contribution is 0.312. The molecule has 0 spiro atoms. The van der Waals surface area contributed by atoms with Gasteiger partial charge < -0.3 is 9.80 Å². The van der Waals surface area contributed by atoms with Crippen molar-refractivity contribution in [3.05, 3.63) is 64.6 Å². The molecule has 1 N–H and O–H groups in total. The number of likely N-dealkylation sites (N-methyl/N-ethyl adjacent to an activating group) is 1. The number of piperazine rings is 1. The first-order valence-electron chi connectivity index (χ1n) is 9.44. The van der Waals surface area contributed by atoms with E-state index in [2.05, 4.69) is 15.0 Å². The van der Waals surface area contributed by atoms with Crippen molar-refractivity contribution in [1.29, 1.82) is 0 Å². The number of pyridine rings is 1. The van der Waals surface area contributed by atoms with Crippen LogP contribution in [0.25, 0.3) is 27.5 Å². The Hall–Kier alpha value is -3.26. The number of hydrogen-bond acceptors (Lipinski definition) is 4. The molecule has 0 unspecified atom stereocenters.